The third kappa shape index (κ3) is 2.33. The predicted octanol–water partition coefficient (Wildman–Crippen LogP) is 4.21. The van der Waals surface area contributed by atoms with Crippen molar-refractivity contribution in [2.45, 2.75) is 12.7 Å². The van der Waals surface area contributed by atoms with Gasteiger partial charge in [0.2, 0.25) is 0 Å². The minimum absolute atomic E-state index is 0.264. The van der Waals surface area contributed by atoms with Crippen LogP contribution in [0, 0.1) is 0 Å². The maximum absolute atomic E-state index is 2.45. The van der Waals surface area contributed by atoms with Crippen molar-refractivity contribution in [3.05, 3.63) is 102 Å². The Balaban J connectivity index is 1.71. The second-order valence-electron chi connectivity index (χ2n) is 5.58. The first kappa shape index (κ1) is 13.0. The maximum Gasteiger partial charge on any atom is 0.125 e. The van der Waals surface area contributed by atoms with E-state index < -0.39 is 0 Å². The van der Waals surface area contributed by atoms with Crippen LogP contribution in [0.3, 0.4) is 0 Å². The zero-order valence-corrected chi connectivity index (χ0v) is 12.3. The van der Waals surface area contributed by atoms with Crippen LogP contribution in [0.25, 0.3) is 5.70 Å². The van der Waals surface area contributed by atoms with E-state index in [1.54, 1.807) is 0 Å². The molecule has 0 aromatic heterocycles. The van der Waals surface area contributed by atoms with Crippen molar-refractivity contribution in [1.82, 2.24) is 9.80 Å². The first-order valence-electron chi connectivity index (χ1n) is 7.62. The molecule has 2 aliphatic heterocycles. The average Bonchev–Trinajstić information content (AvgIpc) is 2.95. The lowest BCUT2D eigenvalue weighted by molar-refractivity contribution is 0.240. The first-order chi connectivity index (χ1) is 10.9. The molecule has 0 spiro atoms. The predicted molar refractivity (Wildman–Crippen MR) is 90.3 cm³/mol. The van der Waals surface area contributed by atoms with Crippen molar-refractivity contribution in [3.63, 3.8) is 0 Å². The minimum Gasteiger partial charge on any atom is -0.341 e. The Labute approximate surface area is 131 Å². The molecule has 0 radical (unpaired) electrons. The van der Waals surface area contributed by atoms with Crippen molar-refractivity contribution in [3.8, 4) is 0 Å². The SMILES string of the molecule is C1=CC2N(C=C1)C=C(c1ccccc1)N2Cc1ccccc1. The monoisotopic (exact) mass is 286 g/mol. The standard InChI is InChI=1S/C20H18N2/c1-3-9-17(10-4-1)15-22-19(18-11-5-2-6-12-18)16-21-14-8-7-13-20(21)22/h1-14,16,20H,15H2. The molecule has 2 nitrogen and oxygen atoms in total. The molecule has 2 heterocycles. The van der Waals surface area contributed by atoms with Gasteiger partial charge in [-0.1, -0.05) is 66.7 Å². The highest BCUT2D eigenvalue weighted by atomic mass is 15.4. The Bertz CT molecular complexity index is 729. The highest BCUT2D eigenvalue weighted by molar-refractivity contribution is 5.66. The summed E-state index contributed by atoms with van der Waals surface area (Å²) in [5.74, 6) is 0. The van der Waals surface area contributed by atoms with Gasteiger partial charge in [0.1, 0.15) is 6.17 Å². The zero-order valence-electron chi connectivity index (χ0n) is 12.3. The van der Waals surface area contributed by atoms with Crippen molar-refractivity contribution in [2.75, 3.05) is 0 Å². The van der Waals surface area contributed by atoms with E-state index in [2.05, 4.69) is 101 Å². The van der Waals surface area contributed by atoms with Gasteiger partial charge in [-0.25, -0.2) is 0 Å². The van der Waals surface area contributed by atoms with Crippen LogP contribution < -0.4 is 0 Å². The quantitative estimate of drug-likeness (QED) is 0.834. The van der Waals surface area contributed by atoms with Gasteiger partial charge in [-0.2, -0.15) is 0 Å². The van der Waals surface area contributed by atoms with E-state index in [0.29, 0.717) is 0 Å². The molecule has 0 amide bonds. The molecule has 1 unspecified atom stereocenters. The summed E-state index contributed by atoms with van der Waals surface area (Å²) in [6.45, 7) is 0.904. The van der Waals surface area contributed by atoms with E-state index in [9.17, 15) is 0 Å². The van der Waals surface area contributed by atoms with E-state index in [1.165, 1.54) is 16.8 Å². The lowest BCUT2D eigenvalue weighted by atomic mass is 10.1. The average molecular weight is 286 g/mol. The molecule has 0 bridgehead atoms. The van der Waals surface area contributed by atoms with Gasteiger partial charge in [-0.05, 0) is 23.3 Å². The Morgan fingerprint density at radius 2 is 1.55 bits per heavy atom. The fourth-order valence-corrected chi connectivity index (χ4v) is 3.05. The van der Waals surface area contributed by atoms with Gasteiger partial charge >= 0.3 is 0 Å². The summed E-state index contributed by atoms with van der Waals surface area (Å²) in [5, 5.41) is 0. The van der Waals surface area contributed by atoms with Crippen molar-refractivity contribution < 1.29 is 0 Å². The summed E-state index contributed by atoms with van der Waals surface area (Å²) in [5.41, 5.74) is 3.86. The second-order valence-corrected chi connectivity index (χ2v) is 5.58. The number of allylic oxidation sites excluding steroid dienone is 2. The largest absolute Gasteiger partial charge is 0.341 e. The van der Waals surface area contributed by atoms with Crippen LogP contribution in [0.2, 0.25) is 0 Å². The van der Waals surface area contributed by atoms with Crippen LogP contribution in [-0.4, -0.2) is 16.0 Å². The summed E-state index contributed by atoms with van der Waals surface area (Å²) in [6, 6.07) is 21.3. The topological polar surface area (TPSA) is 6.48 Å². The number of hydrogen-bond acceptors (Lipinski definition) is 2. The van der Waals surface area contributed by atoms with Crippen LogP contribution in [0.1, 0.15) is 11.1 Å². The molecule has 0 saturated carbocycles. The molecule has 108 valence electrons. The van der Waals surface area contributed by atoms with Gasteiger partial charge in [0.15, 0.2) is 0 Å². The van der Waals surface area contributed by atoms with Gasteiger partial charge in [0.25, 0.3) is 0 Å². The van der Waals surface area contributed by atoms with Gasteiger partial charge in [-0.3, -0.25) is 0 Å². The van der Waals surface area contributed by atoms with Crippen molar-refractivity contribution in [1.29, 1.82) is 0 Å². The third-order valence-electron chi connectivity index (χ3n) is 4.12. The number of fused-ring (bicyclic) bond motifs is 1. The molecule has 2 heteroatoms. The number of hydrogen-bond donors (Lipinski definition) is 0. The van der Waals surface area contributed by atoms with Gasteiger partial charge in [-0.15, -0.1) is 0 Å². The van der Waals surface area contributed by atoms with E-state index in [-0.39, 0.29) is 6.17 Å². The van der Waals surface area contributed by atoms with Crippen LogP contribution in [0.5, 0.6) is 0 Å². The summed E-state index contributed by atoms with van der Waals surface area (Å²) in [4.78, 5) is 4.72. The summed E-state index contributed by atoms with van der Waals surface area (Å²) in [7, 11) is 0. The van der Waals surface area contributed by atoms with Crippen molar-refractivity contribution in [2.24, 2.45) is 0 Å². The molecule has 0 N–H and O–H groups in total. The minimum atomic E-state index is 0.264. The molecule has 0 aliphatic carbocycles. The molecule has 22 heavy (non-hydrogen) atoms. The summed E-state index contributed by atoms with van der Waals surface area (Å²) in [6.07, 6.45) is 11.1. The smallest absolute Gasteiger partial charge is 0.125 e. The van der Waals surface area contributed by atoms with Gasteiger partial charge < -0.3 is 9.80 Å². The molecular formula is C20H18N2. The van der Waals surface area contributed by atoms with Crippen LogP contribution in [-0.2, 0) is 6.54 Å². The maximum atomic E-state index is 2.45. The highest BCUT2D eigenvalue weighted by Gasteiger charge is 2.30. The molecule has 1 atom stereocenters. The molecule has 2 aromatic carbocycles. The number of nitrogens with zero attached hydrogens (tertiary/aromatic N) is 2. The van der Waals surface area contributed by atoms with Gasteiger partial charge in [0, 0.05) is 18.9 Å². The molecule has 0 fully saturated rings. The lowest BCUT2D eigenvalue weighted by Crippen LogP contribution is -2.36. The highest BCUT2D eigenvalue weighted by Crippen LogP contribution is 2.34. The lowest BCUT2D eigenvalue weighted by Gasteiger charge is -2.32. The Morgan fingerprint density at radius 1 is 0.818 bits per heavy atom. The molecule has 4 rings (SSSR count). The zero-order chi connectivity index (χ0) is 14.8. The summed E-state index contributed by atoms with van der Waals surface area (Å²) >= 11 is 0. The van der Waals surface area contributed by atoms with E-state index in [0.717, 1.165) is 6.54 Å². The van der Waals surface area contributed by atoms with E-state index in [4.69, 9.17) is 0 Å². The second kappa shape index (κ2) is 5.57. The van der Waals surface area contributed by atoms with E-state index >= 15 is 0 Å². The van der Waals surface area contributed by atoms with Crippen LogP contribution in [0.15, 0.2) is 91.3 Å². The Hall–Kier alpha value is -2.74. The molecular weight excluding hydrogens is 268 g/mol. The number of rotatable bonds is 3. The Morgan fingerprint density at radius 3 is 2.32 bits per heavy atom. The van der Waals surface area contributed by atoms with Crippen molar-refractivity contribution >= 4 is 5.70 Å². The Kier molecular flexibility index (Phi) is 3.28. The third-order valence-corrected chi connectivity index (χ3v) is 4.12. The molecule has 2 aromatic rings. The van der Waals surface area contributed by atoms with E-state index in [1.807, 2.05) is 0 Å². The van der Waals surface area contributed by atoms with Crippen LogP contribution in [0.4, 0.5) is 0 Å². The number of benzene rings is 2. The van der Waals surface area contributed by atoms with Crippen LogP contribution >= 0.6 is 0 Å². The molecule has 2 aliphatic rings. The molecule has 0 saturated heterocycles. The normalized spacial score (nSPS) is 19.3. The summed E-state index contributed by atoms with van der Waals surface area (Å²) < 4.78 is 0. The first-order valence-corrected chi connectivity index (χ1v) is 7.62. The fourth-order valence-electron chi connectivity index (χ4n) is 3.05. The fraction of sp³-hybridized carbons (Fsp3) is 0.100. The van der Waals surface area contributed by atoms with Gasteiger partial charge in [0.05, 0.1) is 5.70 Å².